The number of benzene rings is 1. The van der Waals surface area contributed by atoms with E-state index in [2.05, 4.69) is 45.9 Å². The third-order valence-corrected chi connectivity index (χ3v) is 10.2. The zero-order valence-electron chi connectivity index (χ0n) is 22.0. The van der Waals surface area contributed by atoms with E-state index < -0.39 is 21.6 Å². The van der Waals surface area contributed by atoms with Gasteiger partial charge in [-0.3, -0.25) is 0 Å². The largest absolute Gasteiger partial charge is 0.420 e. The highest BCUT2D eigenvalue weighted by atomic mass is 32.2. The summed E-state index contributed by atoms with van der Waals surface area (Å²) >= 11 is 0. The molecule has 1 aromatic carbocycles. The van der Waals surface area contributed by atoms with Crippen molar-refractivity contribution in [3.05, 3.63) is 53.5 Å². The number of fused-ring (bicyclic) bond motifs is 2. The molecule has 0 bridgehead atoms. The van der Waals surface area contributed by atoms with Gasteiger partial charge >= 0.3 is 6.18 Å². The number of likely N-dealkylation sites (tertiary alicyclic amines) is 1. The third kappa shape index (κ3) is 4.95. The molecule has 0 radical (unpaired) electrons. The number of aromatic amines is 1. The van der Waals surface area contributed by atoms with Crippen molar-refractivity contribution in [2.45, 2.75) is 63.6 Å². The Hall–Kier alpha value is -2.92. The molecule has 0 saturated carbocycles. The number of pyridine rings is 1. The molecule has 2 saturated heterocycles. The SMILES string of the molecule is CC(C)c1c(-c2cc(C(F)(F)F)c3ncnn3c2)[nH]c2ccc(C3CCN(C4CCS(=O)(=O)CC4)CC3)cc12. The van der Waals surface area contributed by atoms with Gasteiger partial charge < -0.3 is 9.88 Å². The maximum Gasteiger partial charge on any atom is 0.420 e. The normalized spacial score (nSPS) is 19.9. The second-order valence-electron chi connectivity index (χ2n) is 11.2. The van der Waals surface area contributed by atoms with Crippen LogP contribution in [0.3, 0.4) is 0 Å². The minimum atomic E-state index is -4.55. The van der Waals surface area contributed by atoms with Crippen LogP contribution in [0.25, 0.3) is 27.8 Å². The number of alkyl halides is 3. The van der Waals surface area contributed by atoms with Crippen LogP contribution in [0, 0.1) is 0 Å². The van der Waals surface area contributed by atoms with Crippen molar-refractivity contribution in [3.8, 4) is 11.3 Å². The van der Waals surface area contributed by atoms with E-state index in [0.717, 1.165) is 67.6 Å². The Bertz CT molecular complexity index is 1620. The van der Waals surface area contributed by atoms with Crippen molar-refractivity contribution in [1.82, 2.24) is 24.5 Å². The van der Waals surface area contributed by atoms with Gasteiger partial charge in [-0.2, -0.15) is 18.3 Å². The highest BCUT2D eigenvalue weighted by Crippen LogP contribution is 2.41. The first-order chi connectivity index (χ1) is 18.5. The van der Waals surface area contributed by atoms with Crippen LogP contribution in [-0.2, 0) is 16.0 Å². The van der Waals surface area contributed by atoms with Gasteiger partial charge in [0.1, 0.15) is 21.7 Å². The standard InChI is InChI=1S/C28H32F3N5O2S/c1-17(2)25-22-13-19(18-5-9-35(10-6-18)21-7-11-39(37,38)12-8-21)3-4-24(22)34-26(25)20-14-23(28(29,30)31)27-32-16-33-36(27)15-20/h3-4,13-18,21,34H,5-12H2,1-2H3. The lowest BCUT2D eigenvalue weighted by molar-refractivity contribution is -0.136. The second-order valence-corrected chi connectivity index (χ2v) is 13.5. The van der Waals surface area contributed by atoms with Gasteiger partial charge in [-0.05, 0) is 79.9 Å². The van der Waals surface area contributed by atoms with Crippen LogP contribution in [0.5, 0.6) is 0 Å². The predicted molar refractivity (Wildman–Crippen MR) is 145 cm³/mol. The quantitative estimate of drug-likeness (QED) is 0.343. The Kier molecular flexibility index (Phi) is 6.49. The van der Waals surface area contributed by atoms with Gasteiger partial charge in [-0.25, -0.2) is 17.9 Å². The van der Waals surface area contributed by atoms with Crippen molar-refractivity contribution >= 4 is 26.4 Å². The van der Waals surface area contributed by atoms with Crippen molar-refractivity contribution in [3.63, 3.8) is 0 Å². The fourth-order valence-electron chi connectivity index (χ4n) is 6.42. The minimum absolute atomic E-state index is 0.0780. The van der Waals surface area contributed by atoms with Crippen molar-refractivity contribution in [2.24, 2.45) is 0 Å². The molecule has 2 aliphatic heterocycles. The van der Waals surface area contributed by atoms with Gasteiger partial charge in [-0.15, -0.1) is 0 Å². The summed E-state index contributed by atoms with van der Waals surface area (Å²) in [6, 6.07) is 7.88. The maximum atomic E-state index is 13.9. The van der Waals surface area contributed by atoms with E-state index in [-0.39, 0.29) is 23.1 Å². The number of hydrogen-bond acceptors (Lipinski definition) is 5. The summed E-state index contributed by atoms with van der Waals surface area (Å²) in [6.45, 7) is 6.00. The highest BCUT2D eigenvalue weighted by Gasteiger charge is 2.35. The molecule has 1 N–H and O–H groups in total. The first kappa shape index (κ1) is 26.3. The number of sulfone groups is 1. The first-order valence-corrected chi connectivity index (χ1v) is 15.3. The van der Waals surface area contributed by atoms with Crippen LogP contribution in [0.4, 0.5) is 13.2 Å². The number of rotatable bonds is 4. The fourth-order valence-corrected chi connectivity index (χ4v) is 7.89. The van der Waals surface area contributed by atoms with E-state index in [0.29, 0.717) is 23.2 Å². The summed E-state index contributed by atoms with van der Waals surface area (Å²) in [5, 5.41) is 5.02. The van der Waals surface area contributed by atoms with Crippen molar-refractivity contribution in [2.75, 3.05) is 24.6 Å². The van der Waals surface area contributed by atoms with Gasteiger partial charge in [0.2, 0.25) is 0 Å². The minimum Gasteiger partial charge on any atom is -0.354 e. The molecule has 39 heavy (non-hydrogen) atoms. The molecule has 0 aliphatic carbocycles. The molecule has 0 unspecified atom stereocenters. The van der Waals surface area contributed by atoms with Crippen LogP contribution in [0.15, 0.2) is 36.8 Å². The smallest absolute Gasteiger partial charge is 0.354 e. The Balaban J connectivity index is 1.30. The average molecular weight is 560 g/mol. The molecule has 2 fully saturated rings. The summed E-state index contributed by atoms with van der Waals surface area (Å²) in [6.07, 6.45) is 1.63. The molecular weight excluding hydrogens is 527 g/mol. The number of H-pyrrole nitrogens is 1. The Morgan fingerprint density at radius 3 is 2.44 bits per heavy atom. The molecule has 0 amide bonds. The molecule has 2 aliphatic rings. The van der Waals surface area contributed by atoms with Crippen LogP contribution < -0.4 is 0 Å². The lowest BCUT2D eigenvalue weighted by Gasteiger charge is -2.39. The van der Waals surface area contributed by atoms with Crippen molar-refractivity contribution in [1.29, 1.82) is 0 Å². The topological polar surface area (TPSA) is 83.4 Å². The predicted octanol–water partition coefficient (Wildman–Crippen LogP) is 5.78. The van der Waals surface area contributed by atoms with E-state index >= 15 is 0 Å². The van der Waals surface area contributed by atoms with Gasteiger partial charge in [-0.1, -0.05) is 19.9 Å². The number of halogens is 3. The molecule has 11 heteroatoms. The summed E-state index contributed by atoms with van der Waals surface area (Å²) in [7, 11) is -2.87. The molecule has 4 aromatic rings. The Labute approximate surface area is 225 Å². The van der Waals surface area contributed by atoms with Gasteiger partial charge in [0, 0.05) is 28.7 Å². The van der Waals surface area contributed by atoms with E-state index in [1.807, 2.05) is 6.07 Å². The Morgan fingerprint density at radius 1 is 1.05 bits per heavy atom. The van der Waals surface area contributed by atoms with E-state index in [4.69, 9.17) is 0 Å². The average Bonchev–Trinajstić information content (AvgIpc) is 3.52. The molecule has 0 atom stereocenters. The van der Waals surface area contributed by atoms with E-state index in [1.54, 1.807) is 6.20 Å². The number of aromatic nitrogens is 4. The number of hydrogen-bond donors (Lipinski definition) is 1. The van der Waals surface area contributed by atoms with Crippen LogP contribution in [0.1, 0.15) is 68.1 Å². The number of nitrogens with one attached hydrogen (secondary N) is 1. The summed E-state index contributed by atoms with van der Waals surface area (Å²) in [5.74, 6) is 1.04. The monoisotopic (exact) mass is 559 g/mol. The van der Waals surface area contributed by atoms with Crippen LogP contribution >= 0.6 is 0 Å². The molecule has 208 valence electrons. The first-order valence-electron chi connectivity index (χ1n) is 13.5. The Morgan fingerprint density at radius 2 is 1.77 bits per heavy atom. The zero-order valence-corrected chi connectivity index (χ0v) is 22.8. The molecule has 7 nitrogen and oxygen atoms in total. The fraction of sp³-hybridized carbons (Fsp3) is 0.500. The van der Waals surface area contributed by atoms with Crippen LogP contribution in [0.2, 0.25) is 0 Å². The lowest BCUT2D eigenvalue weighted by atomic mass is 9.87. The highest BCUT2D eigenvalue weighted by molar-refractivity contribution is 7.91. The van der Waals surface area contributed by atoms with Crippen molar-refractivity contribution < 1.29 is 21.6 Å². The zero-order chi connectivity index (χ0) is 27.5. The van der Waals surface area contributed by atoms with E-state index in [9.17, 15) is 21.6 Å². The maximum absolute atomic E-state index is 13.9. The van der Waals surface area contributed by atoms with Gasteiger partial charge in [0.05, 0.1) is 17.2 Å². The van der Waals surface area contributed by atoms with Crippen LogP contribution in [-0.4, -0.2) is 63.5 Å². The van der Waals surface area contributed by atoms with Gasteiger partial charge in [0.15, 0.2) is 5.65 Å². The summed E-state index contributed by atoms with van der Waals surface area (Å²) in [4.78, 5) is 9.67. The number of nitrogens with zero attached hydrogens (tertiary/aromatic N) is 4. The lowest BCUT2D eigenvalue weighted by Crippen LogP contribution is -2.44. The molecular formula is C28H32F3N5O2S. The van der Waals surface area contributed by atoms with E-state index in [1.165, 1.54) is 10.1 Å². The summed E-state index contributed by atoms with van der Waals surface area (Å²) < 4.78 is 66.4. The third-order valence-electron chi connectivity index (χ3n) is 8.45. The molecule has 5 heterocycles. The molecule has 0 spiro atoms. The van der Waals surface area contributed by atoms with Gasteiger partial charge in [0.25, 0.3) is 0 Å². The second kappa shape index (κ2) is 9.62. The molecule has 6 rings (SSSR count). The number of piperidine rings is 1. The molecule has 3 aromatic heterocycles. The summed E-state index contributed by atoms with van der Waals surface area (Å²) in [5.41, 5.74) is 3.19.